The molecule has 0 aliphatic carbocycles. The van der Waals surface area contributed by atoms with Crippen molar-refractivity contribution in [3.8, 4) is 0 Å². The molecule has 1 heterocycles. The summed E-state index contributed by atoms with van der Waals surface area (Å²) in [7, 11) is 0. The molecule has 0 aliphatic rings. The number of hydrogen-bond donors (Lipinski definition) is 1. The van der Waals surface area contributed by atoms with E-state index in [1.54, 1.807) is 0 Å². The largest absolute Gasteiger partial charge is 0.411 e. The van der Waals surface area contributed by atoms with Gasteiger partial charge >= 0.3 is 0 Å². The molecule has 2 aromatic carbocycles. The van der Waals surface area contributed by atoms with Gasteiger partial charge in [0.1, 0.15) is 0 Å². The van der Waals surface area contributed by atoms with Crippen molar-refractivity contribution in [2.45, 2.75) is 25.7 Å². The van der Waals surface area contributed by atoms with Crippen LogP contribution in [0.3, 0.4) is 0 Å². The molecule has 0 radical (unpaired) electrons. The average Bonchev–Trinajstić information content (AvgIpc) is 2.68. The summed E-state index contributed by atoms with van der Waals surface area (Å²) in [5.74, 6) is 0. The van der Waals surface area contributed by atoms with Gasteiger partial charge in [-0.15, -0.1) is 0 Å². The van der Waals surface area contributed by atoms with E-state index < -0.39 is 5.41 Å². The maximum absolute atomic E-state index is 9.42. The molecule has 0 aliphatic heterocycles. The van der Waals surface area contributed by atoms with Gasteiger partial charge < -0.3 is 5.21 Å². The van der Waals surface area contributed by atoms with Crippen molar-refractivity contribution in [2.24, 2.45) is 5.16 Å². The highest BCUT2D eigenvalue weighted by molar-refractivity contribution is 9.10. The van der Waals surface area contributed by atoms with Gasteiger partial charge in [-0.05, 0) is 60.4 Å². The first-order chi connectivity index (χ1) is 12.6. The SMILES string of the molecule is C/C(C[C@](c1ccncc1)(c1ccc(Br)cc1)c1ccccc1C)=N\O. The Labute approximate surface area is 162 Å². The summed E-state index contributed by atoms with van der Waals surface area (Å²) in [6.45, 7) is 3.97. The van der Waals surface area contributed by atoms with Crippen LogP contribution in [0.5, 0.6) is 0 Å². The summed E-state index contributed by atoms with van der Waals surface area (Å²) >= 11 is 3.53. The summed E-state index contributed by atoms with van der Waals surface area (Å²) in [6.07, 6.45) is 4.19. The first-order valence-electron chi connectivity index (χ1n) is 8.48. The van der Waals surface area contributed by atoms with E-state index in [2.05, 4.69) is 75.5 Å². The van der Waals surface area contributed by atoms with E-state index in [4.69, 9.17) is 0 Å². The number of rotatable bonds is 5. The molecular formula is C22H21BrN2O. The van der Waals surface area contributed by atoms with E-state index in [1.807, 2.05) is 37.5 Å². The van der Waals surface area contributed by atoms with Crippen molar-refractivity contribution < 1.29 is 5.21 Å². The summed E-state index contributed by atoms with van der Waals surface area (Å²) in [5.41, 5.74) is 4.85. The van der Waals surface area contributed by atoms with Crippen molar-refractivity contribution in [3.05, 3.63) is 99.8 Å². The second-order valence-electron chi connectivity index (χ2n) is 6.48. The Morgan fingerprint density at radius 3 is 2.23 bits per heavy atom. The third-order valence-corrected chi connectivity index (χ3v) is 5.34. The first kappa shape index (κ1) is 18.3. The molecule has 1 atom stereocenters. The van der Waals surface area contributed by atoms with E-state index >= 15 is 0 Å². The van der Waals surface area contributed by atoms with Gasteiger partial charge in [-0.25, -0.2) is 0 Å². The third-order valence-electron chi connectivity index (χ3n) is 4.81. The van der Waals surface area contributed by atoms with Crippen molar-refractivity contribution in [1.29, 1.82) is 0 Å². The number of benzene rings is 2. The van der Waals surface area contributed by atoms with Crippen LogP contribution in [0.15, 0.2) is 82.7 Å². The van der Waals surface area contributed by atoms with E-state index in [9.17, 15) is 5.21 Å². The molecule has 1 N–H and O–H groups in total. The topological polar surface area (TPSA) is 45.5 Å². The van der Waals surface area contributed by atoms with Crippen molar-refractivity contribution in [3.63, 3.8) is 0 Å². The van der Waals surface area contributed by atoms with Crippen LogP contribution < -0.4 is 0 Å². The second kappa shape index (κ2) is 7.83. The van der Waals surface area contributed by atoms with Gasteiger partial charge in [0, 0.05) is 23.3 Å². The molecule has 1 aromatic heterocycles. The number of aromatic nitrogens is 1. The lowest BCUT2D eigenvalue weighted by molar-refractivity contribution is 0.316. The molecule has 3 rings (SSSR count). The summed E-state index contributed by atoms with van der Waals surface area (Å²) in [4.78, 5) is 4.19. The molecule has 0 unspecified atom stereocenters. The van der Waals surface area contributed by atoms with Crippen LogP contribution >= 0.6 is 15.9 Å². The zero-order valence-corrected chi connectivity index (χ0v) is 16.4. The zero-order valence-electron chi connectivity index (χ0n) is 14.9. The maximum Gasteiger partial charge on any atom is 0.0555 e. The van der Waals surface area contributed by atoms with Gasteiger partial charge in [0.15, 0.2) is 0 Å². The highest BCUT2D eigenvalue weighted by Gasteiger charge is 2.38. The fraction of sp³-hybridized carbons (Fsp3) is 0.182. The highest BCUT2D eigenvalue weighted by Crippen LogP contribution is 2.44. The van der Waals surface area contributed by atoms with Crippen LogP contribution in [0.4, 0.5) is 0 Å². The Morgan fingerprint density at radius 2 is 1.62 bits per heavy atom. The molecule has 0 bridgehead atoms. The van der Waals surface area contributed by atoms with Crippen LogP contribution in [0.25, 0.3) is 0 Å². The number of nitrogens with zero attached hydrogens (tertiary/aromatic N) is 2. The lowest BCUT2D eigenvalue weighted by Crippen LogP contribution is -2.32. The van der Waals surface area contributed by atoms with Crippen LogP contribution in [0, 0.1) is 6.92 Å². The Balaban J connectivity index is 2.38. The van der Waals surface area contributed by atoms with E-state index in [0.717, 1.165) is 15.6 Å². The maximum atomic E-state index is 9.42. The molecule has 0 fully saturated rings. The minimum atomic E-state index is -0.467. The predicted molar refractivity (Wildman–Crippen MR) is 109 cm³/mol. The Morgan fingerprint density at radius 1 is 1.00 bits per heavy atom. The summed E-state index contributed by atoms with van der Waals surface area (Å²) < 4.78 is 1.03. The van der Waals surface area contributed by atoms with Crippen molar-refractivity contribution >= 4 is 21.6 Å². The molecule has 0 amide bonds. The quantitative estimate of drug-likeness (QED) is 0.333. The van der Waals surface area contributed by atoms with Gasteiger partial charge in [-0.2, -0.15) is 0 Å². The number of oxime groups is 1. The van der Waals surface area contributed by atoms with Crippen LogP contribution in [0.1, 0.15) is 35.6 Å². The Hall–Kier alpha value is -2.46. The first-order valence-corrected chi connectivity index (χ1v) is 9.27. The smallest absolute Gasteiger partial charge is 0.0555 e. The number of pyridine rings is 1. The second-order valence-corrected chi connectivity index (χ2v) is 7.39. The van der Waals surface area contributed by atoms with E-state index in [1.165, 1.54) is 11.1 Å². The molecular weight excluding hydrogens is 388 g/mol. The van der Waals surface area contributed by atoms with E-state index in [-0.39, 0.29) is 0 Å². The molecule has 26 heavy (non-hydrogen) atoms. The van der Waals surface area contributed by atoms with Gasteiger partial charge in [0.25, 0.3) is 0 Å². The van der Waals surface area contributed by atoms with Gasteiger partial charge in [0.05, 0.1) is 11.1 Å². The van der Waals surface area contributed by atoms with Gasteiger partial charge in [-0.3, -0.25) is 4.98 Å². The number of aryl methyl sites for hydroxylation is 1. The average molecular weight is 409 g/mol. The number of hydrogen-bond acceptors (Lipinski definition) is 3. The Kier molecular flexibility index (Phi) is 5.52. The molecule has 132 valence electrons. The van der Waals surface area contributed by atoms with E-state index in [0.29, 0.717) is 12.1 Å². The predicted octanol–water partition coefficient (Wildman–Crippen LogP) is 5.73. The van der Waals surface area contributed by atoms with Crippen molar-refractivity contribution in [1.82, 2.24) is 4.98 Å². The minimum Gasteiger partial charge on any atom is -0.411 e. The lowest BCUT2D eigenvalue weighted by atomic mass is 9.65. The standard InChI is InChI=1S/C22H21BrN2O/c1-16-5-3-4-6-21(16)22(15-17(2)25-26,19-11-13-24-14-12-19)18-7-9-20(23)10-8-18/h3-14,26H,15H2,1-2H3/b25-17+/t22-/m1/s1. The molecule has 3 aromatic rings. The fourth-order valence-electron chi connectivity index (χ4n) is 3.62. The van der Waals surface area contributed by atoms with Gasteiger partial charge in [-0.1, -0.05) is 57.5 Å². The normalized spacial score (nSPS) is 14.0. The van der Waals surface area contributed by atoms with Crippen LogP contribution in [-0.4, -0.2) is 15.9 Å². The Bertz CT molecular complexity index is 907. The van der Waals surface area contributed by atoms with Gasteiger partial charge in [0.2, 0.25) is 0 Å². The zero-order chi connectivity index (χ0) is 18.6. The molecule has 0 spiro atoms. The van der Waals surface area contributed by atoms with Crippen LogP contribution in [0.2, 0.25) is 0 Å². The van der Waals surface area contributed by atoms with Crippen molar-refractivity contribution in [2.75, 3.05) is 0 Å². The third kappa shape index (κ3) is 3.42. The highest BCUT2D eigenvalue weighted by atomic mass is 79.9. The molecule has 0 saturated heterocycles. The molecule has 4 heteroatoms. The number of halogens is 1. The molecule has 0 saturated carbocycles. The summed E-state index contributed by atoms with van der Waals surface area (Å²) in [5, 5.41) is 12.9. The lowest BCUT2D eigenvalue weighted by Gasteiger charge is -2.37. The fourth-order valence-corrected chi connectivity index (χ4v) is 3.88. The molecule has 3 nitrogen and oxygen atoms in total. The summed E-state index contributed by atoms with van der Waals surface area (Å²) in [6, 6.07) is 20.8. The van der Waals surface area contributed by atoms with Crippen LogP contribution in [-0.2, 0) is 5.41 Å². The minimum absolute atomic E-state index is 0.467. The monoisotopic (exact) mass is 408 g/mol.